The van der Waals surface area contributed by atoms with Gasteiger partial charge in [0, 0.05) is 0 Å². The average molecular weight is 343 g/mol. The lowest BCUT2D eigenvalue weighted by atomic mass is 10.1. The van der Waals surface area contributed by atoms with E-state index in [4.69, 9.17) is 0 Å². The third-order valence-corrected chi connectivity index (χ3v) is 4.86. The molecule has 0 aromatic rings. The molecule has 0 saturated heterocycles. The number of unbranched alkanes of at least 4 members (excludes halogenated alkanes) is 3. The van der Waals surface area contributed by atoms with Crippen LogP contribution in [0.3, 0.4) is 0 Å². The molecule has 1 saturated carbocycles. The molecule has 0 aliphatic heterocycles. The van der Waals surface area contributed by atoms with Gasteiger partial charge in [-0.3, -0.25) is 0 Å². The van der Waals surface area contributed by atoms with Gasteiger partial charge in [0.25, 0.3) is 0 Å². The molecule has 150 valence electrons. The Kier molecular flexibility index (Phi) is 30.3. The zero-order chi connectivity index (χ0) is 19.2. The second-order valence-electron chi connectivity index (χ2n) is 8.20. The maximum absolute atomic E-state index is 2.34. The maximum atomic E-state index is 2.34. The lowest BCUT2D eigenvalue weighted by molar-refractivity contribution is 0.544. The molecular formula is C24H54. The largest absolute Gasteiger partial charge is 0.0654 e. The Morgan fingerprint density at radius 3 is 1.21 bits per heavy atom. The zero-order valence-electron chi connectivity index (χ0n) is 19.2. The minimum atomic E-state index is 0.898. The summed E-state index contributed by atoms with van der Waals surface area (Å²) >= 11 is 0. The molecule has 0 unspecified atom stereocenters. The van der Waals surface area contributed by atoms with Crippen molar-refractivity contribution in [1.82, 2.24) is 0 Å². The number of hydrogen-bond donors (Lipinski definition) is 0. The number of rotatable bonds is 7. The van der Waals surface area contributed by atoms with Crippen LogP contribution in [0.5, 0.6) is 0 Å². The Labute approximate surface area is 157 Å². The van der Waals surface area contributed by atoms with Crippen LogP contribution >= 0.6 is 0 Å². The second-order valence-corrected chi connectivity index (χ2v) is 8.20. The Bertz CT molecular complexity index is 168. The van der Waals surface area contributed by atoms with E-state index in [-0.39, 0.29) is 0 Å². The summed E-state index contributed by atoms with van der Waals surface area (Å²) in [7, 11) is 0. The molecule has 0 heteroatoms. The van der Waals surface area contributed by atoms with Gasteiger partial charge in [-0.2, -0.15) is 0 Å². The third-order valence-electron chi connectivity index (χ3n) is 4.86. The van der Waals surface area contributed by atoms with Gasteiger partial charge in [0.2, 0.25) is 0 Å². The summed E-state index contributed by atoms with van der Waals surface area (Å²) in [6.45, 7) is 20.3. The van der Waals surface area contributed by atoms with E-state index >= 15 is 0 Å². The first-order valence-electron chi connectivity index (χ1n) is 11.4. The van der Waals surface area contributed by atoms with Crippen molar-refractivity contribution in [3.63, 3.8) is 0 Å². The summed E-state index contributed by atoms with van der Waals surface area (Å²) < 4.78 is 0. The minimum absolute atomic E-state index is 0.898. The Hall–Kier alpha value is 0. The van der Waals surface area contributed by atoms with E-state index in [9.17, 15) is 0 Å². The van der Waals surface area contributed by atoms with Gasteiger partial charge < -0.3 is 0 Å². The van der Waals surface area contributed by atoms with Crippen molar-refractivity contribution < 1.29 is 0 Å². The van der Waals surface area contributed by atoms with E-state index in [2.05, 4.69) is 62.3 Å². The van der Waals surface area contributed by atoms with Gasteiger partial charge >= 0.3 is 0 Å². The molecule has 0 bridgehead atoms. The Balaban J connectivity index is -0.000000245. The fourth-order valence-electron chi connectivity index (χ4n) is 2.50. The highest BCUT2D eigenvalue weighted by molar-refractivity contribution is 4.60. The first-order valence-corrected chi connectivity index (χ1v) is 11.4. The van der Waals surface area contributed by atoms with Crippen molar-refractivity contribution in [2.45, 2.75) is 139 Å². The molecule has 0 atom stereocenters. The van der Waals surface area contributed by atoms with Gasteiger partial charge in [-0.1, -0.05) is 139 Å². The summed E-state index contributed by atoms with van der Waals surface area (Å²) in [4.78, 5) is 0. The van der Waals surface area contributed by atoms with E-state index < -0.39 is 0 Å². The molecule has 0 nitrogen and oxygen atoms in total. The highest BCUT2D eigenvalue weighted by Gasteiger charge is 2.07. The first kappa shape index (κ1) is 28.8. The molecule has 1 fully saturated rings. The monoisotopic (exact) mass is 342 g/mol. The second kappa shape index (κ2) is 25.2. The zero-order valence-corrected chi connectivity index (χ0v) is 19.2. The van der Waals surface area contributed by atoms with E-state index in [0.717, 1.165) is 17.8 Å². The topological polar surface area (TPSA) is 0 Å². The molecular weight excluding hydrogens is 288 g/mol. The Morgan fingerprint density at radius 1 is 0.708 bits per heavy atom. The summed E-state index contributed by atoms with van der Waals surface area (Å²) in [5.74, 6) is 2.88. The molecule has 1 rings (SSSR count). The lowest BCUT2D eigenvalue weighted by Gasteiger charge is -1.98. The first-order chi connectivity index (χ1) is 11.4. The smallest absolute Gasteiger partial charge is 0.0443 e. The quantitative estimate of drug-likeness (QED) is 0.404. The molecule has 0 heterocycles. The number of hydrogen-bond acceptors (Lipinski definition) is 0. The van der Waals surface area contributed by atoms with Crippen molar-refractivity contribution in [2.75, 3.05) is 0 Å². The van der Waals surface area contributed by atoms with Gasteiger partial charge in [0.05, 0.1) is 0 Å². The van der Waals surface area contributed by atoms with E-state index in [1.54, 1.807) is 0 Å². The molecule has 0 amide bonds. The summed E-state index contributed by atoms with van der Waals surface area (Å²) in [6, 6.07) is 0. The van der Waals surface area contributed by atoms with Gasteiger partial charge in [-0.05, 0) is 17.8 Å². The van der Waals surface area contributed by atoms with Gasteiger partial charge in [0.1, 0.15) is 0 Å². The van der Waals surface area contributed by atoms with E-state index in [1.165, 1.54) is 77.0 Å². The highest BCUT2D eigenvalue weighted by Crippen LogP contribution is 2.22. The van der Waals surface area contributed by atoms with Crippen LogP contribution in [-0.4, -0.2) is 0 Å². The van der Waals surface area contributed by atoms with Crippen LogP contribution in [-0.2, 0) is 0 Å². The maximum Gasteiger partial charge on any atom is -0.0443 e. The van der Waals surface area contributed by atoms with Crippen molar-refractivity contribution in [3.05, 3.63) is 0 Å². The van der Waals surface area contributed by atoms with Crippen LogP contribution < -0.4 is 0 Å². The van der Waals surface area contributed by atoms with Gasteiger partial charge in [-0.15, -0.1) is 0 Å². The fraction of sp³-hybridized carbons (Fsp3) is 1.00. The molecule has 24 heavy (non-hydrogen) atoms. The van der Waals surface area contributed by atoms with Crippen LogP contribution in [0.4, 0.5) is 0 Å². The molecule has 0 aromatic carbocycles. The summed E-state index contributed by atoms with van der Waals surface area (Å²) in [6.07, 6.45) is 16.8. The van der Waals surface area contributed by atoms with Crippen LogP contribution in [0, 0.1) is 17.8 Å². The van der Waals surface area contributed by atoms with E-state index in [1.807, 2.05) is 0 Å². The lowest BCUT2D eigenvalue weighted by Crippen LogP contribution is -1.85. The van der Waals surface area contributed by atoms with Crippen molar-refractivity contribution in [1.29, 1.82) is 0 Å². The van der Waals surface area contributed by atoms with Gasteiger partial charge in [0.15, 0.2) is 0 Å². The molecule has 0 aromatic heterocycles. The van der Waals surface area contributed by atoms with Crippen molar-refractivity contribution >= 4 is 0 Å². The minimum Gasteiger partial charge on any atom is -0.0654 e. The van der Waals surface area contributed by atoms with Crippen LogP contribution in [0.25, 0.3) is 0 Å². The van der Waals surface area contributed by atoms with Crippen molar-refractivity contribution in [3.8, 4) is 0 Å². The fourth-order valence-corrected chi connectivity index (χ4v) is 2.50. The molecule has 0 radical (unpaired) electrons. The Morgan fingerprint density at radius 2 is 1.12 bits per heavy atom. The predicted octanol–water partition coefficient (Wildman–Crippen LogP) is 9.67. The van der Waals surface area contributed by atoms with Crippen LogP contribution in [0.15, 0.2) is 0 Å². The standard InChI is InChI=1S/C6H12.3C6H14/c1-6-4-2-3-5-6;1-4-5-6(2)3;1-4-6(3)5-2;1-3-5-6-4-2/h6H,2-5H2,1H3;2*6H,4-5H2,1-3H3;3-6H2,1-2H3. The normalized spacial score (nSPS) is 13.6. The molecule has 0 spiro atoms. The highest BCUT2D eigenvalue weighted by atomic mass is 14.1. The van der Waals surface area contributed by atoms with E-state index in [0.29, 0.717) is 0 Å². The predicted molar refractivity (Wildman–Crippen MR) is 117 cm³/mol. The third kappa shape index (κ3) is 33.6. The van der Waals surface area contributed by atoms with Crippen molar-refractivity contribution in [2.24, 2.45) is 17.8 Å². The van der Waals surface area contributed by atoms with Crippen LogP contribution in [0.1, 0.15) is 139 Å². The molecule has 0 N–H and O–H groups in total. The van der Waals surface area contributed by atoms with Gasteiger partial charge in [-0.25, -0.2) is 0 Å². The van der Waals surface area contributed by atoms with Crippen LogP contribution in [0.2, 0.25) is 0 Å². The summed E-state index contributed by atoms with van der Waals surface area (Å²) in [5.41, 5.74) is 0. The average Bonchev–Trinajstić information content (AvgIpc) is 3.04. The SMILES string of the molecule is CC1CCCC1.CCC(C)CC.CCCC(C)C.CCCCCC. The summed E-state index contributed by atoms with van der Waals surface area (Å²) in [5, 5.41) is 0. The molecule has 1 aliphatic rings. The molecule has 1 aliphatic carbocycles.